The van der Waals surface area contributed by atoms with Gasteiger partial charge in [-0.15, -0.1) is 0 Å². The maximum atomic E-state index is 6.00. The number of hydrogen-bond acceptors (Lipinski definition) is 4. The highest BCUT2D eigenvalue weighted by atomic mass is 16.5. The highest BCUT2D eigenvalue weighted by Crippen LogP contribution is 2.26. The molecule has 2 aliphatic heterocycles. The minimum atomic E-state index is 0.324. The van der Waals surface area contributed by atoms with Crippen molar-refractivity contribution in [2.75, 3.05) is 26.2 Å². The summed E-state index contributed by atoms with van der Waals surface area (Å²) >= 11 is 0. The Morgan fingerprint density at radius 2 is 2.22 bits per heavy atom. The summed E-state index contributed by atoms with van der Waals surface area (Å²) < 4.78 is 11.8. The quantitative estimate of drug-likeness (QED) is 0.807. The number of nitrogens with zero attached hydrogens (tertiary/aromatic N) is 1. The van der Waals surface area contributed by atoms with Crippen LogP contribution in [0.2, 0.25) is 0 Å². The summed E-state index contributed by atoms with van der Waals surface area (Å²) in [5.74, 6) is 0. The van der Waals surface area contributed by atoms with Crippen LogP contribution in [-0.4, -0.2) is 55.5 Å². The van der Waals surface area contributed by atoms with Gasteiger partial charge in [0.15, 0.2) is 0 Å². The van der Waals surface area contributed by atoms with E-state index in [0.29, 0.717) is 30.9 Å². The van der Waals surface area contributed by atoms with E-state index in [0.717, 1.165) is 26.1 Å². The molecule has 0 aromatic heterocycles. The van der Waals surface area contributed by atoms with Gasteiger partial charge in [-0.2, -0.15) is 0 Å². The lowest BCUT2D eigenvalue weighted by atomic mass is 10.0. The van der Waals surface area contributed by atoms with Crippen molar-refractivity contribution in [2.45, 2.75) is 63.9 Å². The van der Waals surface area contributed by atoms with Crippen molar-refractivity contribution in [3.05, 3.63) is 0 Å². The van der Waals surface area contributed by atoms with E-state index in [4.69, 9.17) is 15.2 Å². The molecule has 2 saturated heterocycles. The Hall–Kier alpha value is -0.160. The fraction of sp³-hybridized carbons (Fsp3) is 1.00. The lowest BCUT2D eigenvalue weighted by molar-refractivity contribution is -0.0467. The number of likely N-dealkylation sites (tertiary alicyclic amines) is 1. The number of ether oxygens (including phenoxy) is 2. The molecule has 4 heteroatoms. The Kier molecular flexibility index (Phi) is 5.42. The molecule has 0 spiro atoms. The Bertz CT molecular complexity index is 248. The number of nitrogens with two attached hydrogens (primary N) is 1. The standard InChI is InChI=1S/C14H28N2O2/c1-3-17-12-5-4-8-16(10-12)13(9-15)14-7-6-11(2)18-14/h11-14H,3-10,15H2,1-2H3. The minimum absolute atomic E-state index is 0.324. The Balaban J connectivity index is 1.90. The molecule has 2 heterocycles. The van der Waals surface area contributed by atoms with Gasteiger partial charge in [-0.3, -0.25) is 4.90 Å². The van der Waals surface area contributed by atoms with E-state index in [2.05, 4.69) is 18.7 Å². The number of hydrogen-bond donors (Lipinski definition) is 1. The van der Waals surface area contributed by atoms with E-state index in [1.54, 1.807) is 0 Å². The smallest absolute Gasteiger partial charge is 0.0747 e. The summed E-state index contributed by atoms with van der Waals surface area (Å²) in [6, 6.07) is 0.373. The fourth-order valence-corrected chi connectivity index (χ4v) is 3.29. The Morgan fingerprint density at radius 3 is 2.83 bits per heavy atom. The molecule has 106 valence electrons. The van der Waals surface area contributed by atoms with Crippen molar-refractivity contribution in [3.63, 3.8) is 0 Å². The molecule has 2 N–H and O–H groups in total. The average Bonchev–Trinajstić information content (AvgIpc) is 2.78. The van der Waals surface area contributed by atoms with Gasteiger partial charge >= 0.3 is 0 Å². The summed E-state index contributed by atoms with van der Waals surface area (Å²) in [6.07, 6.45) is 5.83. The molecule has 4 nitrogen and oxygen atoms in total. The zero-order chi connectivity index (χ0) is 13.0. The summed E-state index contributed by atoms with van der Waals surface area (Å²) in [6.45, 7) is 7.89. The van der Waals surface area contributed by atoms with Gasteiger partial charge < -0.3 is 15.2 Å². The van der Waals surface area contributed by atoms with Gasteiger partial charge in [0.05, 0.1) is 18.3 Å². The number of piperidine rings is 1. The summed E-state index contributed by atoms with van der Waals surface area (Å²) in [4.78, 5) is 2.49. The van der Waals surface area contributed by atoms with Gasteiger partial charge in [-0.05, 0) is 46.1 Å². The van der Waals surface area contributed by atoms with Crippen LogP contribution in [0.3, 0.4) is 0 Å². The van der Waals surface area contributed by atoms with Crippen LogP contribution < -0.4 is 5.73 Å². The molecular formula is C14H28N2O2. The topological polar surface area (TPSA) is 47.7 Å². The Morgan fingerprint density at radius 1 is 1.39 bits per heavy atom. The van der Waals surface area contributed by atoms with Crippen molar-refractivity contribution in [2.24, 2.45) is 5.73 Å². The van der Waals surface area contributed by atoms with E-state index >= 15 is 0 Å². The molecular weight excluding hydrogens is 228 g/mol. The van der Waals surface area contributed by atoms with Crippen LogP contribution in [-0.2, 0) is 9.47 Å². The first-order valence-corrected chi connectivity index (χ1v) is 7.45. The predicted octanol–water partition coefficient (Wildman–Crippen LogP) is 1.38. The second kappa shape index (κ2) is 6.85. The number of rotatable bonds is 5. The van der Waals surface area contributed by atoms with Crippen LogP contribution in [0.25, 0.3) is 0 Å². The van der Waals surface area contributed by atoms with Gasteiger partial charge in [0.1, 0.15) is 0 Å². The van der Waals surface area contributed by atoms with Crippen LogP contribution in [0.4, 0.5) is 0 Å². The van der Waals surface area contributed by atoms with Crippen LogP contribution >= 0.6 is 0 Å². The molecule has 2 rings (SSSR count). The summed E-state index contributed by atoms with van der Waals surface area (Å²) in [7, 11) is 0. The third-order valence-electron chi connectivity index (χ3n) is 4.22. The van der Waals surface area contributed by atoms with E-state index in [1.807, 2.05) is 0 Å². The normalized spacial score (nSPS) is 35.8. The van der Waals surface area contributed by atoms with Gasteiger partial charge in [-0.25, -0.2) is 0 Å². The summed E-state index contributed by atoms with van der Waals surface area (Å²) in [5.41, 5.74) is 5.99. The van der Waals surface area contributed by atoms with Crippen LogP contribution in [0.15, 0.2) is 0 Å². The molecule has 4 unspecified atom stereocenters. The van der Waals surface area contributed by atoms with E-state index in [-0.39, 0.29) is 0 Å². The van der Waals surface area contributed by atoms with E-state index < -0.39 is 0 Å². The largest absolute Gasteiger partial charge is 0.377 e. The maximum absolute atomic E-state index is 6.00. The van der Waals surface area contributed by atoms with Crippen molar-refractivity contribution < 1.29 is 9.47 Å². The highest BCUT2D eigenvalue weighted by molar-refractivity contribution is 4.88. The van der Waals surface area contributed by atoms with Crippen molar-refractivity contribution >= 4 is 0 Å². The predicted molar refractivity (Wildman–Crippen MR) is 72.6 cm³/mol. The molecule has 0 aromatic rings. The lowest BCUT2D eigenvalue weighted by Crippen LogP contribution is -2.53. The molecule has 0 bridgehead atoms. The molecule has 4 atom stereocenters. The zero-order valence-corrected chi connectivity index (χ0v) is 11.8. The first-order valence-electron chi connectivity index (χ1n) is 7.45. The molecule has 0 amide bonds. The molecule has 0 aliphatic carbocycles. The molecule has 18 heavy (non-hydrogen) atoms. The molecule has 0 saturated carbocycles. The Labute approximate surface area is 111 Å². The second-order valence-electron chi connectivity index (χ2n) is 5.58. The van der Waals surface area contributed by atoms with Crippen LogP contribution in [0.1, 0.15) is 39.5 Å². The SMILES string of the molecule is CCOC1CCCN(C(CN)C2CCC(C)O2)C1. The van der Waals surface area contributed by atoms with Crippen LogP contribution in [0, 0.1) is 0 Å². The van der Waals surface area contributed by atoms with E-state index in [1.165, 1.54) is 19.3 Å². The van der Waals surface area contributed by atoms with Gasteiger partial charge in [-0.1, -0.05) is 0 Å². The maximum Gasteiger partial charge on any atom is 0.0747 e. The van der Waals surface area contributed by atoms with Crippen molar-refractivity contribution in [1.29, 1.82) is 0 Å². The van der Waals surface area contributed by atoms with Crippen molar-refractivity contribution in [3.8, 4) is 0 Å². The first kappa shape index (κ1) is 14.3. The molecule has 0 aromatic carbocycles. The fourth-order valence-electron chi connectivity index (χ4n) is 3.29. The molecule has 2 aliphatic rings. The third kappa shape index (κ3) is 3.44. The minimum Gasteiger partial charge on any atom is -0.377 e. The van der Waals surface area contributed by atoms with E-state index in [9.17, 15) is 0 Å². The zero-order valence-electron chi connectivity index (χ0n) is 11.8. The van der Waals surface area contributed by atoms with Gasteiger partial charge in [0.2, 0.25) is 0 Å². The monoisotopic (exact) mass is 256 g/mol. The van der Waals surface area contributed by atoms with Gasteiger partial charge in [0.25, 0.3) is 0 Å². The lowest BCUT2D eigenvalue weighted by Gasteiger charge is -2.39. The average molecular weight is 256 g/mol. The van der Waals surface area contributed by atoms with Gasteiger partial charge in [0, 0.05) is 25.7 Å². The first-order chi connectivity index (χ1) is 8.74. The highest BCUT2D eigenvalue weighted by Gasteiger charge is 2.34. The molecule has 2 fully saturated rings. The van der Waals surface area contributed by atoms with Crippen LogP contribution in [0.5, 0.6) is 0 Å². The third-order valence-corrected chi connectivity index (χ3v) is 4.22. The molecule has 0 radical (unpaired) electrons. The van der Waals surface area contributed by atoms with Crippen molar-refractivity contribution in [1.82, 2.24) is 4.90 Å². The second-order valence-corrected chi connectivity index (χ2v) is 5.58. The summed E-state index contributed by atoms with van der Waals surface area (Å²) in [5, 5.41) is 0.